The van der Waals surface area contributed by atoms with Crippen molar-refractivity contribution >= 4 is 22.1 Å². The summed E-state index contributed by atoms with van der Waals surface area (Å²) in [6.45, 7) is 1.72. The Hall–Kier alpha value is -3.23. The molecule has 4 heterocycles. The van der Waals surface area contributed by atoms with Crippen molar-refractivity contribution < 1.29 is 13.2 Å². The summed E-state index contributed by atoms with van der Waals surface area (Å²) in [6.07, 6.45) is -0.169. The molecule has 4 rings (SSSR count). The maximum atomic E-state index is 13.2. The van der Waals surface area contributed by atoms with E-state index in [2.05, 4.69) is 15.0 Å². The number of pyridine rings is 3. The molecule has 0 aromatic carbocycles. The topological polar surface area (TPSA) is 65.6 Å². The fourth-order valence-electron chi connectivity index (χ4n) is 3.01. The Kier molecular flexibility index (Phi) is 3.36. The molecule has 0 saturated heterocycles. The fourth-order valence-corrected chi connectivity index (χ4v) is 3.01. The van der Waals surface area contributed by atoms with E-state index in [1.54, 1.807) is 24.6 Å². The highest BCUT2D eigenvalue weighted by Gasteiger charge is 2.33. The van der Waals surface area contributed by atoms with Gasteiger partial charge in [0.25, 0.3) is 5.56 Å². The summed E-state index contributed by atoms with van der Waals surface area (Å²) in [6, 6.07) is 3.79. The second kappa shape index (κ2) is 5.38. The Morgan fingerprint density at radius 3 is 2.62 bits per heavy atom. The Morgan fingerprint density at radius 1 is 1.15 bits per heavy atom. The molecule has 0 aliphatic heterocycles. The highest BCUT2D eigenvalue weighted by atomic mass is 19.4. The molecule has 0 fully saturated rings. The van der Waals surface area contributed by atoms with Gasteiger partial charge in [0.05, 0.1) is 17.5 Å². The molecule has 0 bridgehead atoms. The van der Waals surface area contributed by atoms with Crippen LogP contribution in [0.4, 0.5) is 13.2 Å². The van der Waals surface area contributed by atoms with Crippen LogP contribution in [0, 0.1) is 6.92 Å². The van der Waals surface area contributed by atoms with Crippen molar-refractivity contribution in [3.63, 3.8) is 0 Å². The summed E-state index contributed by atoms with van der Waals surface area (Å²) in [5, 5.41) is 0.406. The maximum absolute atomic E-state index is 13.2. The van der Waals surface area contributed by atoms with Crippen LogP contribution in [0.15, 0.2) is 41.7 Å². The van der Waals surface area contributed by atoms with Gasteiger partial charge in [-0.25, -0.2) is 9.97 Å². The van der Waals surface area contributed by atoms with Crippen LogP contribution in [-0.2, 0) is 13.2 Å². The molecule has 9 heteroatoms. The first-order valence-corrected chi connectivity index (χ1v) is 7.64. The number of alkyl halides is 3. The lowest BCUT2D eigenvalue weighted by Crippen LogP contribution is -2.22. The molecule has 0 atom stereocenters. The SMILES string of the molecule is Cc1cnccc1-n1c(=O)c2ncn(C)c2c2ccc(C(F)(F)F)nc21. The van der Waals surface area contributed by atoms with E-state index in [-0.39, 0.29) is 11.2 Å². The van der Waals surface area contributed by atoms with Crippen LogP contribution < -0.4 is 5.56 Å². The van der Waals surface area contributed by atoms with Crippen molar-refractivity contribution in [3.05, 3.63) is 58.5 Å². The van der Waals surface area contributed by atoms with Gasteiger partial charge in [-0.05, 0) is 30.7 Å². The number of aromatic nitrogens is 5. The summed E-state index contributed by atoms with van der Waals surface area (Å²) in [5.41, 5.74) is -0.0254. The third kappa shape index (κ3) is 2.27. The molecule has 0 spiro atoms. The molecule has 0 aliphatic rings. The van der Waals surface area contributed by atoms with Gasteiger partial charge in [0.2, 0.25) is 0 Å². The van der Waals surface area contributed by atoms with Gasteiger partial charge in [-0.1, -0.05) is 0 Å². The Balaban J connectivity index is 2.26. The zero-order valence-electron chi connectivity index (χ0n) is 13.7. The van der Waals surface area contributed by atoms with Gasteiger partial charge in [-0.2, -0.15) is 13.2 Å². The van der Waals surface area contributed by atoms with E-state index in [1.807, 2.05) is 0 Å². The van der Waals surface area contributed by atoms with E-state index in [1.165, 1.54) is 24.8 Å². The first-order chi connectivity index (χ1) is 12.3. The van der Waals surface area contributed by atoms with E-state index >= 15 is 0 Å². The summed E-state index contributed by atoms with van der Waals surface area (Å²) in [4.78, 5) is 24.9. The van der Waals surface area contributed by atoms with Crippen LogP contribution in [0.5, 0.6) is 0 Å². The third-order valence-corrected chi connectivity index (χ3v) is 4.21. The minimum Gasteiger partial charge on any atom is -0.333 e. The van der Waals surface area contributed by atoms with E-state index in [0.717, 1.165) is 10.6 Å². The fraction of sp³-hybridized carbons (Fsp3) is 0.176. The summed E-state index contributed by atoms with van der Waals surface area (Å²) in [5.74, 6) is 0. The van der Waals surface area contributed by atoms with Crippen LogP contribution in [0.2, 0.25) is 0 Å². The van der Waals surface area contributed by atoms with Crippen molar-refractivity contribution in [3.8, 4) is 5.69 Å². The smallest absolute Gasteiger partial charge is 0.333 e. The predicted molar refractivity (Wildman–Crippen MR) is 89.1 cm³/mol. The van der Waals surface area contributed by atoms with Gasteiger partial charge in [-0.15, -0.1) is 0 Å². The molecular weight excluding hydrogens is 347 g/mol. The molecule has 4 aromatic rings. The van der Waals surface area contributed by atoms with Gasteiger partial charge in [-0.3, -0.25) is 14.3 Å². The molecular formula is C17H12F3N5O. The van der Waals surface area contributed by atoms with E-state index in [9.17, 15) is 18.0 Å². The first kappa shape index (κ1) is 16.2. The number of imidazole rings is 1. The minimum atomic E-state index is -4.62. The number of nitrogens with zero attached hydrogens (tertiary/aromatic N) is 5. The van der Waals surface area contributed by atoms with Crippen molar-refractivity contribution in [2.24, 2.45) is 7.05 Å². The van der Waals surface area contributed by atoms with Gasteiger partial charge in [0.1, 0.15) is 11.3 Å². The van der Waals surface area contributed by atoms with Crippen molar-refractivity contribution in [2.75, 3.05) is 0 Å². The van der Waals surface area contributed by atoms with Gasteiger partial charge >= 0.3 is 6.18 Å². The lowest BCUT2D eigenvalue weighted by molar-refractivity contribution is -0.141. The van der Waals surface area contributed by atoms with Crippen LogP contribution in [0.1, 0.15) is 11.3 Å². The standard InChI is InChI=1S/C17H12F3N5O/c1-9-7-21-6-5-11(9)25-15-10(3-4-12(23-15)17(18,19)20)14-13(16(25)26)22-8-24(14)2/h3-8H,1-2H3. The number of fused-ring (bicyclic) bond motifs is 3. The Morgan fingerprint density at radius 2 is 1.92 bits per heavy atom. The monoisotopic (exact) mass is 359 g/mol. The largest absolute Gasteiger partial charge is 0.433 e. The van der Waals surface area contributed by atoms with Crippen LogP contribution >= 0.6 is 0 Å². The molecule has 0 radical (unpaired) electrons. The second-order valence-electron chi connectivity index (χ2n) is 5.92. The van der Waals surface area contributed by atoms with E-state index in [4.69, 9.17) is 0 Å². The lowest BCUT2D eigenvalue weighted by Gasteiger charge is -2.14. The number of hydrogen-bond donors (Lipinski definition) is 0. The van der Waals surface area contributed by atoms with Crippen LogP contribution in [-0.4, -0.2) is 24.1 Å². The quantitative estimate of drug-likeness (QED) is 0.524. The van der Waals surface area contributed by atoms with Gasteiger partial charge in [0, 0.05) is 24.8 Å². The zero-order valence-corrected chi connectivity index (χ0v) is 13.7. The number of aryl methyl sites for hydroxylation is 2. The Bertz CT molecular complexity index is 1220. The highest BCUT2D eigenvalue weighted by Crippen LogP contribution is 2.31. The molecule has 132 valence electrons. The Labute approximate surface area is 144 Å². The van der Waals surface area contributed by atoms with E-state index in [0.29, 0.717) is 22.2 Å². The first-order valence-electron chi connectivity index (χ1n) is 7.64. The molecule has 26 heavy (non-hydrogen) atoms. The normalized spacial score (nSPS) is 12.2. The number of hydrogen-bond acceptors (Lipinski definition) is 4. The molecule has 0 N–H and O–H groups in total. The summed E-state index contributed by atoms with van der Waals surface area (Å²) < 4.78 is 42.3. The summed E-state index contributed by atoms with van der Waals surface area (Å²) in [7, 11) is 1.67. The van der Waals surface area contributed by atoms with Crippen LogP contribution in [0.3, 0.4) is 0 Å². The minimum absolute atomic E-state index is 0.0739. The molecule has 4 aromatic heterocycles. The average molecular weight is 359 g/mol. The van der Waals surface area contributed by atoms with Gasteiger partial charge < -0.3 is 4.57 Å². The molecule has 0 aliphatic carbocycles. The van der Waals surface area contributed by atoms with Crippen molar-refractivity contribution in [2.45, 2.75) is 13.1 Å². The highest BCUT2D eigenvalue weighted by molar-refractivity contribution is 6.01. The van der Waals surface area contributed by atoms with Crippen molar-refractivity contribution in [1.82, 2.24) is 24.1 Å². The van der Waals surface area contributed by atoms with Crippen molar-refractivity contribution in [1.29, 1.82) is 0 Å². The third-order valence-electron chi connectivity index (χ3n) is 4.21. The number of halogens is 3. The number of rotatable bonds is 1. The molecule has 0 unspecified atom stereocenters. The van der Waals surface area contributed by atoms with Crippen LogP contribution in [0.25, 0.3) is 27.8 Å². The average Bonchev–Trinajstić information content (AvgIpc) is 2.98. The lowest BCUT2D eigenvalue weighted by atomic mass is 10.2. The molecule has 0 amide bonds. The predicted octanol–water partition coefficient (Wildman–Crippen LogP) is 2.99. The van der Waals surface area contributed by atoms with E-state index < -0.39 is 17.4 Å². The molecule has 6 nitrogen and oxygen atoms in total. The second-order valence-corrected chi connectivity index (χ2v) is 5.92. The zero-order chi connectivity index (χ0) is 18.6. The maximum Gasteiger partial charge on any atom is 0.433 e. The van der Waals surface area contributed by atoms with Gasteiger partial charge in [0.15, 0.2) is 5.52 Å². The molecule has 0 saturated carbocycles. The summed E-state index contributed by atoms with van der Waals surface area (Å²) >= 11 is 0.